The van der Waals surface area contributed by atoms with Crippen LogP contribution in [0.1, 0.15) is 25.7 Å². The normalized spacial score (nSPS) is 22.5. The second-order valence-corrected chi connectivity index (χ2v) is 13.5. The molecule has 2 aromatic carbocycles. The number of guanidine groups is 1. The number of piperidine rings is 2. The molecule has 15 nitrogen and oxygen atoms in total. The molecule has 0 spiro atoms. The highest BCUT2D eigenvalue weighted by atomic mass is 32.2. The first-order valence-corrected chi connectivity index (χ1v) is 16.3. The van der Waals surface area contributed by atoms with Crippen LogP contribution in [0.4, 0.5) is 0 Å². The molecule has 2 fully saturated rings. The molecule has 2 aliphatic rings. The number of methoxy groups -OCH3 is 1. The Morgan fingerprint density at radius 3 is 2.57 bits per heavy atom. The number of nitrogens with one attached hydrogen (secondary N) is 3. The van der Waals surface area contributed by atoms with E-state index in [-0.39, 0.29) is 36.3 Å². The van der Waals surface area contributed by atoms with Gasteiger partial charge in [0.05, 0.1) is 31.4 Å². The van der Waals surface area contributed by atoms with E-state index >= 15 is 0 Å². The smallest absolute Gasteiger partial charge is 0.359 e. The zero-order chi connectivity index (χ0) is 33.6. The van der Waals surface area contributed by atoms with Crippen LogP contribution in [0.5, 0.6) is 0 Å². The predicted octanol–water partition coefficient (Wildman–Crippen LogP) is -0.212. The van der Waals surface area contributed by atoms with E-state index in [0.717, 1.165) is 25.3 Å². The first-order chi connectivity index (χ1) is 21.7. The molecule has 6 N–H and O–H groups in total. The molecule has 0 radical (unpaired) electrons. The summed E-state index contributed by atoms with van der Waals surface area (Å²) in [6, 6.07) is 9.84. The van der Waals surface area contributed by atoms with Crippen LogP contribution in [0.2, 0.25) is 0 Å². The number of carboxylic acid groups (broad SMARTS) is 1. The highest BCUT2D eigenvalue weighted by Gasteiger charge is 2.50. The van der Waals surface area contributed by atoms with Gasteiger partial charge in [-0.2, -0.15) is 4.72 Å². The van der Waals surface area contributed by atoms with Crippen molar-refractivity contribution < 1.29 is 46.7 Å². The number of esters is 1. The maximum Gasteiger partial charge on any atom is 0.359 e. The summed E-state index contributed by atoms with van der Waals surface area (Å²) in [7, 11) is -3.31. The summed E-state index contributed by atoms with van der Waals surface area (Å²) < 4.78 is 33.4. The van der Waals surface area contributed by atoms with Crippen molar-refractivity contribution in [3.8, 4) is 0 Å². The molecular weight excluding hydrogens is 620 g/mol. The number of carboxylic acids is 1. The molecule has 0 saturated carbocycles. The number of sulfonamides is 1. The Bertz CT molecular complexity index is 1640. The Balaban J connectivity index is 1.62. The van der Waals surface area contributed by atoms with Crippen molar-refractivity contribution in [1.29, 1.82) is 5.41 Å². The number of benzene rings is 2. The van der Waals surface area contributed by atoms with Gasteiger partial charge in [0.15, 0.2) is 24.2 Å². The molecule has 4 rings (SSSR count). The van der Waals surface area contributed by atoms with E-state index in [0.29, 0.717) is 18.5 Å². The SMILES string of the molecule is COC(=O)C1C[N+](CC(=O)O)(C(=O)C[C@@H](NS(=O)(=O)c2ccc3ccccc3c2)C(=O)NC[C@@H]2CCCN(C(=N)N)C2)CCC1=O. The van der Waals surface area contributed by atoms with Crippen LogP contribution in [0, 0.1) is 17.2 Å². The Hall–Kier alpha value is -4.41. The van der Waals surface area contributed by atoms with Crippen molar-refractivity contribution in [3.05, 3.63) is 42.5 Å². The van der Waals surface area contributed by atoms with Crippen molar-refractivity contribution >= 4 is 56.3 Å². The maximum absolute atomic E-state index is 13.9. The minimum Gasteiger partial charge on any atom is -0.477 e. The Morgan fingerprint density at radius 2 is 1.89 bits per heavy atom. The third-order valence-electron chi connectivity index (χ3n) is 8.61. The number of quaternary nitrogens is 1. The van der Waals surface area contributed by atoms with Gasteiger partial charge in [-0.3, -0.25) is 19.8 Å². The van der Waals surface area contributed by atoms with Gasteiger partial charge >= 0.3 is 17.8 Å². The number of carbonyl (C=O) groups excluding carboxylic acids is 4. The summed E-state index contributed by atoms with van der Waals surface area (Å²) in [6.07, 6.45) is 0.412. The van der Waals surface area contributed by atoms with Crippen LogP contribution < -0.4 is 15.8 Å². The van der Waals surface area contributed by atoms with Gasteiger partial charge in [0, 0.05) is 19.6 Å². The summed E-state index contributed by atoms with van der Waals surface area (Å²) in [5.41, 5.74) is 5.63. The Kier molecular flexibility index (Phi) is 10.7. The van der Waals surface area contributed by atoms with Crippen LogP contribution in [-0.4, -0.2) is 111 Å². The van der Waals surface area contributed by atoms with E-state index in [1.54, 1.807) is 29.2 Å². The lowest BCUT2D eigenvalue weighted by Gasteiger charge is -2.40. The Morgan fingerprint density at radius 1 is 1.17 bits per heavy atom. The highest BCUT2D eigenvalue weighted by molar-refractivity contribution is 7.89. The second-order valence-electron chi connectivity index (χ2n) is 11.8. The third-order valence-corrected chi connectivity index (χ3v) is 10.1. The summed E-state index contributed by atoms with van der Waals surface area (Å²) in [6.45, 7) is -0.407. The summed E-state index contributed by atoms with van der Waals surface area (Å²) in [5.74, 6) is -6.03. The van der Waals surface area contributed by atoms with E-state index in [9.17, 15) is 37.5 Å². The van der Waals surface area contributed by atoms with E-state index in [2.05, 4.69) is 10.0 Å². The molecule has 248 valence electrons. The zero-order valence-corrected chi connectivity index (χ0v) is 26.3. The van der Waals surface area contributed by atoms with Gasteiger partial charge < -0.3 is 25.8 Å². The lowest BCUT2D eigenvalue weighted by molar-refractivity contribution is -0.851. The number of hydrogen-bond acceptors (Lipinski definition) is 9. The first kappa shape index (κ1) is 34.5. The number of ketones is 1. The molecule has 0 aromatic heterocycles. The molecule has 16 heteroatoms. The van der Waals surface area contributed by atoms with Gasteiger partial charge in [0.2, 0.25) is 15.9 Å². The zero-order valence-electron chi connectivity index (χ0n) is 25.4. The molecule has 2 aliphatic heterocycles. The number of fused-ring (bicyclic) bond motifs is 1. The number of ether oxygens (including phenoxy) is 1. The van der Waals surface area contributed by atoms with Crippen molar-refractivity contribution in [2.24, 2.45) is 17.6 Å². The quantitative estimate of drug-likeness (QED) is 0.0697. The second kappa shape index (κ2) is 14.3. The minimum absolute atomic E-state index is 0.0969. The molecule has 46 heavy (non-hydrogen) atoms. The molecule has 4 atom stereocenters. The van der Waals surface area contributed by atoms with Crippen molar-refractivity contribution in [1.82, 2.24) is 14.9 Å². The number of nitrogens with zero attached hydrogens (tertiary/aromatic N) is 2. The standard InChI is InChI=1S/C30H38N6O9S/c1-45-29(42)23-17-36(18-27(39)40,12-10-25(23)37)26(38)14-24(28(41)33-15-19-5-4-11-35(16-19)30(31)32)34-46(43,44)22-9-8-20-6-2-3-7-21(20)13-22/h2-3,6-9,13,19,23-24,34H,4-5,10-12,14-18H2,1H3,(H4-,31,32,33,39,40,41)/p+1/t19-,23?,24+,36?/m0/s1. The molecule has 0 bridgehead atoms. The number of Topliss-reactive ketones (excluding diaryl/α,β-unsaturated/α-hetero) is 1. The number of carbonyl (C=O) groups is 5. The average molecular weight is 660 g/mol. The summed E-state index contributed by atoms with van der Waals surface area (Å²) in [4.78, 5) is 65.8. The Labute approximate surface area is 266 Å². The fourth-order valence-corrected chi connectivity index (χ4v) is 7.30. The fourth-order valence-electron chi connectivity index (χ4n) is 6.07. The van der Waals surface area contributed by atoms with Gasteiger partial charge in [-0.25, -0.2) is 22.5 Å². The first-order valence-electron chi connectivity index (χ1n) is 14.8. The lowest BCUT2D eigenvalue weighted by atomic mass is 9.93. The van der Waals surface area contributed by atoms with Crippen molar-refractivity contribution in [3.63, 3.8) is 0 Å². The maximum atomic E-state index is 13.9. The van der Waals surface area contributed by atoms with Crippen LogP contribution in [-0.2, 0) is 38.7 Å². The van der Waals surface area contributed by atoms with Crippen LogP contribution in [0.3, 0.4) is 0 Å². The van der Waals surface area contributed by atoms with E-state index in [1.807, 2.05) is 6.07 Å². The van der Waals surface area contributed by atoms with Gasteiger partial charge in [-0.15, -0.1) is 0 Å². The van der Waals surface area contributed by atoms with E-state index in [1.165, 1.54) is 12.1 Å². The van der Waals surface area contributed by atoms with Crippen LogP contribution in [0.15, 0.2) is 47.4 Å². The fraction of sp³-hybridized carbons (Fsp3) is 0.467. The molecular formula is C30H39N6O9S+. The van der Waals surface area contributed by atoms with Crippen molar-refractivity contribution in [2.75, 3.05) is 46.4 Å². The number of likely N-dealkylation sites (tertiary alicyclic amines) is 2. The van der Waals surface area contributed by atoms with Gasteiger partial charge in [0.1, 0.15) is 12.6 Å². The number of nitrogens with two attached hydrogens (primary N) is 1. The van der Waals surface area contributed by atoms with Gasteiger partial charge in [-0.05, 0) is 41.7 Å². The highest BCUT2D eigenvalue weighted by Crippen LogP contribution is 2.26. The van der Waals surface area contributed by atoms with Crippen molar-refractivity contribution in [2.45, 2.75) is 36.6 Å². The van der Waals surface area contributed by atoms with Gasteiger partial charge in [-0.1, -0.05) is 30.3 Å². The molecule has 2 heterocycles. The number of rotatable bonds is 11. The topological polar surface area (TPSA) is 226 Å². The number of hydrogen-bond donors (Lipinski definition) is 5. The molecule has 2 aromatic rings. The minimum atomic E-state index is -4.38. The molecule has 2 unspecified atom stereocenters. The molecule has 0 aliphatic carbocycles. The molecule has 2 saturated heterocycles. The number of amides is 2. The third kappa shape index (κ3) is 8.05. The van der Waals surface area contributed by atoms with E-state index in [4.69, 9.17) is 15.9 Å². The summed E-state index contributed by atoms with van der Waals surface area (Å²) in [5, 5.41) is 21.5. The lowest BCUT2D eigenvalue weighted by Crippen LogP contribution is -2.64. The summed E-state index contributed by atoms with van der Waals surface area (Å²) >= 11 is 0. The largest absolute Gasteiger partial charge is 0.477 e. The van der Waals surface area contributed by atoms with Crippen LogP contribution >= 0.6 is 0 Å². The number of aliphatic carboxylic acids is 1. The van der Waals surface area contributed by atoms with Gasteiger partial charge in [0.25, 0.3) is 0 Å². The van der Waals surface area contributed by atoms with E-state index < -0.39 is 75.5 Å². The monoisotopic (exact) mass is 659 g/mol. The average Bonchev–Trinajstić information content (AvgIpc) is 3.03. The predicted molar refractivity (Wildman–Crippen MR) is 165 cm³/mol. The molecule has 2 amide bonds. The van der Waals surface area contributed by atoms with Crippen LogP contribution in [0.25, 0.3) is 10.8 Å².